The summed E-state index contributed by atoms with van der Waals surface area (Å²) in [5.41, 5.74) is 2.16. The molecule has 1 amide bonds. The van der Waals surface area contributed by atoms with Crippen LogP contribution in [0.25, 0.3) is 10.2 Å². The average molecular weight is 328 g/mol. The number of para-hydroxylation sites is 1. The van der Waals surface area contributed by atoms with E-state index in [1.165, 1.54) is 0 Å². The van der Waals surface area contributed by atoms with Crippen molar-refractivity contribution >= 4 is 45.0 Å². The molecule has 0 atom stereocenters. The highest BCUT2D eigenvalue weighted by Crippen LogP contribution is 2.30. The molecule has 2 rings (SSSR count). The number of anilines is 1. The smallest absolute Gasteiger partial charge is 0.225 e. The van der Waals surface area contributed by atoms with Gasteiger partial charge in [0.2, 0.25) is 5.91 Å². The summed E-state index contributed by atoms with van der Waals surface area (Å²) in [5, 5.41) is 0.806. The fourth-order valence-electron chi connectivity index (χ4n) is 2.12. The lowest BCUT2D eigenvalue weighted by Crippen LogP contribution is -2.31. The molecule has 0 fully saturated rings. The van der Waals surface area contributed by atoms with Crippen LogP contribution in [0.5, 0.6) is 0 Å². The molecule has 0 saturated heterocycles. The number of hydrogen-bond donors (Lipinski definition) is 0. The molecule has 0 radical (unpaired) electrons. The van der Waals surface area contributed by atoms with Crippen LogP contribution in [-0.2, 0) is 4.79 Å². The van der Waals surface area contributed by atoms with Crippen LogP contribution in [-0.4, -0.2) is 43.0 Å². The molecule has 1 aromatic heterocycles. The summed E-state index contributed by atoms with van der Waals surface area (Å²) in [6.07, 6.45) is 0.946. The Kier molecular flexibility index (Phi) is 6.58. The lowest BCUT2D eigenvalue weighted by atomic mass is 10.2. The van der Waals surface area contributed by atoms with E-state index in [-0.39, 0.29) is 18.3 Å². The first-order valence-electron chi connectivity index (χ1n) is 6.78. The van der Waals surface area contributed by atoms with Gasteiger partial charge in [-0.3, -0.25) is 9.69 Å². The van der Waals surface area contributed by atoms with Crippen molar-refractivity contribution < 1.29 is 4.79 Å². The number of rotatable bonds is 5. The topological polar surface area (TPSA) is 36.4 Å². The Hall–Kier alpha value is -1.17. The van der Waals surface area contributed by atoms with Gasteiger partial charge in [0.15, 0.2) is 5.13 Å². The van der Waals surface area contributed by atoms with Gasteiger partial charge in [-0.2, -0.15) is 0 Å². The maximum absolute atomic E-state index is 11.9. The van der Waals surface area contributed by atoms with Crippen molar-refractivity contribution in [3.05, 3.63) is 23.8 Å². The maximum atomic E-state index is 11.9. The zero-order valence-corrected chi connectivity index (χ0v) is 14.6. The quantitative estimate of drug-likeness (QED) is 0.845. The minimum Gasteiger partial charge on any atom is -0.309 e. The van der Waals surface area contributed by atoms with Crippen LogP contribution in [0.4, 0.5) is 5.13 Å². The van der Waals surface area contributed by atoms with Gasteiger partial charge >= 0.3 is 0 Å². The van der Waals surface area contributed by atoms with E-state index in [2.05, 4.69) is 28.9 Å². The lowest BCUT2D eigenvalue weighted by molar-refractivity contribution is -0.116. The molecule has 0 bridgehead atoms. The molecule has 0 aliphatic rings. The summed E-state index contributed by atoms with van der Waals surface area (Å²) in [6, 6.07) is 6.14. The third-order valence-corrected chi connectivity index (χ3v) is 4.25. The fraction of sp³-hybridized carbons (Fsp3) is 0.467. The normalized spacial score (nSPS) is 10.7. The molecule has 0 spiro atoms. The number of thiazole rings is 1. The van der Waals surface area contributed by atoms with Crippen molar-refractivity contribution in [2.24, 2.45) is 0 Å². The third-order valence-electron chi connectivity index (χ3n) is 3.21. The van der Waals surface area contributed by atoms with Gasteiger partial charge in [0.1, 0.15) is 0 Å². The molecule has 116 valence electrons. The standard InChI is InChI=1S/C15H21N3OS.ClH/c1-11-7-5-8-13-14(11)16-15(20-13)18(12(2)19)10-6-9-17(3)4;/h5,7-8H,6,9-10H2,1-4H3;1H. The van der Waals surface area contributed by atoms with Crippen LogP contribution < -0.4 is 4.90 Å². The number of carbonyl (C=O) groups excluding carboxylic acids is 1. The van der Waals surface area contributed by atoms with Crippen LogP contribution in [0, 0.1) is 6.92 Å². The van der Waals surface area contributed by atoms with E-state index in [9.17, 15) is 4.79 Å². The second-order valence-electron chi connectivity index (χ2n) is 5.25. The number of fused-ring (bicyclic) bond motifs is 1. The van der Waals surface area contributed by atoms with Gasteiger partial charge in [0.05, 0.1) is 10.2 Å². The Morgan fingerprint density at radius 2 is 2.00 bits per heavy atom. The SMILES string of the molecule is CC(=O)N(CCCN(C)C)c1nc2c(C)cccc2s1.Cl. The molecule has 0 N–H and O–H groups in total. The van der Waals surface area contributed by atoms with E-state index in [0.29, 0.717) is 6.54 Å². The van der Waals surface area contributed by atoms with E-state index in [1.54, 1.807) is 23.2 Å². The zero-order chi connectivity index (χ0) is 14.7. The van der Waals surface area contributed by atoms with Gasteiger partial charge in [0, 0.05) is 13.5 Å². The first-order chi connectivity index (χ1) is 9.49. The van der Waals surface area contributed by atoms with Gasteiger partial charge in [-0.25, -0.2) is 4.98 Å². The van der Waals surface area contributed by atoms with Crippen molar-refractivity contribution in [1.29, 1.82) is 0 Å². The second kappa shape index (κ2) is 7.73. The predicted octanol–water partition coefficient (Wildman–Crippen LogP) is 3.33. The Bertz CT molecular complexity index is 612. The lowest BCUT2D eigenvalue weighted by Gasteiger charge is -2.19. The van der Waals surface area contributed by atoms with Crippen molar-refractivity contribution in [2.75, 3.05) is 32.1 Å². The minimum atomic E-state index is 0. The molecule has 1 heterocycles. The first-order valence-corrected chi connectivity index (χ1v) is 7.59. The summed E-state index contributed by atoms with van der Waals surface area (Å²) in [7, 11) is 4.08. The molecule has 2 aromatic rings. The number of hydrogen-bond acceptors (Lipinski definition) is 4. The Balaban J connectivity index is 0.00000220. The minimum absolute atomic E-state index is 0. The highest BCUT2D eigenvalue weighted by molar-refractivity contribution is 7.22. The van der Waals surface area contributed by atoms with E-state index in [0.717, 1.165) is 33.9 Å². The van der Waals surface area contributed by atoms with Gasteiger partial charge in [0.25, 0.3) is 0 Å². The number of carbonyl (C=O) groups is 1. The Morgan fingerprint density at radius 3 is 2.57 bits per heavy atom. The molecule has 0 saturated carbocycles. The number of halogens is 1. The third kappa shape index (κ3) is 4.40. The van der Waals surface area contributed by atoms with Crippen LogP contribution >= 0.6 is 23.7 Å². The van der Waals surface area contributed by atoms with E-state index >= 15 is 0 Å². The number of amides is 1. The average Bonchev–Trinajstić information content (AvgIpc) is 2.78. The largest absolute Gasteiger partial charge is 0.309 e. The zero-order valence-electron chi connectivity index (χ0n) is 12.9. The van der Waals surface area contributed by atoms with Crippen molar-refractivity contribution in [3.8, 4) is 0 Å². The fourth-order valence-corrected chi connectivity index (χ4v) is 3.24. The van der Waals surface area contributed by atoms with E-state index in [1.807, 2.05) is 20.2 Å². The predicted molar refractivity (Wildman–Crippen MR) is 92.8 cm³/mol. The molecule has 0 aliphatic heterocycles. The molecule has 0 aliphatic carbocycles. The molecule has 21 heavy (non-hydrogen) atoms. The number of nitrogens with zero attached hydrogens (tertiary/aromatic N) is 3. The monoisotopic (exact) mass is 327 g/mol. The number of aromatic nitrogens is 1. The number of aryl methyl sites for hydroxylation is 1. The Labute approximate surface area is 136 Å². The van der Waals surface area contributed by atoms with Crippen LogP contribution in [0.3, 0.4) is 0 Å². The Morgan fingerprint density at radius 1 is 1.29 bits per heavy atom. The van der Waals surface area contributed by atoms with Crippen LogP contribution in [0.1, 0.15) is 18.9 Å². The van der Waals surface area contributed by atoms with E-state index in [4.69, 9.17) is 0 Å². The van der Waals surface area contributed by atoms with Crippen molar-refractivity contribution in [1.82, 2.24) is 9.88 Å². The molecular formula is C15H22ClN3OS. The summed E-state index contributed by atoms with van der Waals surface area (Å²) in [6.45, 7) is 5.34. The van der Waals surface area contributed by atoms with Gasteiger partial charge in [-0.05, 0) is 45.6 Å². The summed E-state index contributed by atoms with van der Waals surface area (Å²) in [4.78, 5) is 20.4. The molecule has 1 aromatic carbocycles. The highest BCUT2D eigenvalue weighted by Gasteiger charge is 2.16. The van der Waals surface area contributed by atoms with Crippen molar-refractivity contribution in [3.63, 3.8) is 0 Å². The highest BCUT2D eigenvalue weighted by atomic mass is 35.5. The molecule has 0 unspecified atom stereocenters. The van der Waals surface area contributed by atoms with Crippen LogP contribution in [0.15, 0.2) is 18.2 Å². The van der Waals surface area contributed by atoms with Crippen molar-refractivity contribution in [2.45, 2.75) is 20.3 Å². The summed E-state index contributed by atoms with van der Waals surface area (Å²) < 4.78 is 1.14. The molecular weight excluding hydrogens is 306 g/mol. The molecule has 6 heteroatoms. The van der Waals surface area contributed by atoms with E-state index < -0.39 is 0 Å². The molecule has 4 nitrogen and oxygen atoms in total. The van der Waals surface area contributed by atoms with Gasteiger partial charge in [-0.1, -0.05) is 23.5 Å². The first kappa shape index (κ1) is 17.9. The summed E-state index contributed by atoms with van der Waals surface area (Å²) >= 11 is 1.59. The van der Waals surface area contributed by atoms with Gasteiger partial charge in [-0.15, -0.1) is 12.4 Å². The van der Waals surface area contributed by atoms with Gasteiger partial charge < -0.3 is 4.90 Å². The number of benzene rings is 1. The summed E-state index contributed by atoms with van der Waals surface area (Å²) in [5.74, 6) is 0.0560. The second-order valence-corrected chi connectivity index (χ2v) is 6.25. The maximum Gasteiger partial charge on any atom is 0.225 e. The van der Waals surface area contributed by atoms with Crippen LogP contribution in [0.2, 0.25) is 0 Å².